The van der Waals surface area contributed by atoms with E-state index in [0.717, 1.165) is 12.1 Å². The van der Waals surface area contributed by atoms with Crippen LogP contribution >= 0.6 is 0 Å². The SMILES string of the molecule is C=C(C)c1ccc(CN2CCCCCC2)cc1. The van der Waals surface area contributed by atoms with E-state index in [2.05, 4.69) is 42.7 Å². The molecule has 0 bridgehead atoms. The first-order valence-corrected chi connectivity index (χ1v) is 6.73. The second kappa shape index (κ2) is 6.02. The first-order valence-electron chi connectivity index (χ1n) is 6.73. The van der Waals surface area contributed by atoms with E-state index in [4.69, 9.17) is 0 Å². The molecule has 1 heterocycles. The molecule has 0 radical (unpaired) electrons. The van der Waals surface area contributed by atoms with Gasteiger partial charge in [0.1, 0.15) is 0 Å². The van der Waals surface area contributed by atoms with Gasteiger partial charge in [-0.3, -0.25) is 4.90 Å². The minimum Gasteiger partial charge on any atom is -0.299 e. The maximum Gasteiger partial charge on any atom is 0.0233 e. The van der Waals surface area contributed by atoms with Crippen molar-refractivity contribution in [3.8, 4) is 0 Å². The number of likely N-dealkylation sites (tertiary alicyclic amines) is 1. The van der Waals surface area contributed by atoms with Gasteiger partial charge in [-0.2, -0.15) is 0 Å². The Morgan fingerprint density at radius 1 is 1.06 bits per heavy atom. The molecular formula is C16H23N. The zero-order valence-corrected chi connectivity index (χ0v) is 10.9. The zero-order chi connectivity index (χ0) is 12.1. The molecule has 92 valence electrons. The van der Waals surface area contributed by atoms with Gasteiger partial charge in [-0.25, -0.2) is 0 Å². The molecule has 0 saturated carbocycles. The fourth-order valence-corrected chi connectivity index (χ4v) is 2.45. The summed E-state index contributed by atoms with van der Waals surface area (Å²) in [4.78, 5) is 2.59. The van der Waals surface area contributed by atoms with Crippen molar-refractivity contribution in [2.45, 2.75) is 39.2 Å². The van der Waals surface area contributed by atoms with Crippen LogP contribution in [0.4, 0.5) is 0 Å². The third-order valence-electron chi connectivity index (χ3n) is 3.55. The van der Waals surface area contributed by atoms with Crippen molar-refractivity contribution in [2.24, 2.45) is 0 Å². The fourth-order valence-electron chi connectivity index (χ4n) is 2.45. The van der Waals surface area contributed by atoms with Crippen LogP contribution in [0.2, 0.25) is 0 Å². The van der Waals surface area contributed by atoms with E-state index in [1.54, 1.807) is 0 Å². The van der Waals surface area contributed by atoms with E-state index in [1.807, 2.05) is 0 Å². The molecule has 0 N–H and O–H groups in total. The van der Waals surface area contributed by atoms with Gasteiger partial charge in [0.05, 0.1) is 0 Å². The van der Waals surface area contributed by atoms with E-state index in [1.165, 1.54) is 49.9 Å². The molecule has 1 aromatic carbocycles. The molecular weight excluding hydrogens is 206 g/mol. The second-order valence-corrected chi connectivity index (χ2v) is 5.17. The van der Waals surface area contributed by atoms with Crippen LogP contribution in [0.25, 0.3) is 5.57 Å². The molecule has 2 rings (SSSR count). The number of rotatable bonds is 3. The quantitative estimate of drug-likeness (QED) is 0.754. The first kappa shape index (κ1) is 12.4. The molecule has 0 atom stereocenters. The van der Waals surface area contributed by atoms with Gasteiger partial charge in [0.15, 0.2) is 0 Å². The van der Waals surface area contributed by atoms with Crippen LogP contribution in [0.15, 0.2) is 30.8 Å². The van der Waals surface area contributed by atoms with Gasteiger partial charge in [0.25, 0.3) is 0 Å². The lowest BCUT2D eigenvalue weighted by molar-refractivity contribution is 0.277. The van der Waals surface area contributed by atoms with Gasteiger partial charge in [-0.1, -0.05) is 49.3 Å². The maximum atomic E-state index is 3.97. The smallest absolute Gasteiger partial charge is 0.0233 e. The molecule has 0 unspecified atom stereocenters. The van der Waals surface area contributed by atoms with Crippen LogP contribution in [0.1, 0.15) is 43.7 Å². The van der Waals surface area contributed by atoms with Crippen molar-refractivity contribution in [3.05, 3.63) is 42.0 Å². The summed E-state index contributed by atoms with van der Waals surface area (Å²) < 4.78 is 0. The third kappa shape index (κ3) is 3.71. The van der Waals surface area contributed by atoms with Gasteiger partial charge in [0.2, 0.25) is 0 Å². The highest BCUT2D eigenvalue weighted by Crippen LogP contribution is 2.16. The Morgan fingerprint density at radius 2 is 1.65 bits per heavy atom. The normalized spacial score (nSPS) is 17.7. The van der Waals surface area contributed by atoms with Crippen molar-refractivity contribution in [2.75, 3.05) is 13.1 Å². The van der Waals surface area contributed by atoms with Crippen molar-refractivity contribution in [1.29, 1.82) is 0 Å². The predicted octanol–water partition coefficient (Wildman–Crippen LogP) is 4.10. The maximum absolute atomic E-state index is 3.97. The Hall–Kier alpha value is -1.08. The summed E-state index contributed by atoms with van der Waals surface area (Å²) in [6.07, 6.45) is 5.55. The molecule has 0 aromatic heterocycles. The number of allylic oxidation sites excluding steroid dienone is 1. The van der Waals surface area contributed by atoms with Gasteiger partial charge in [-0.15, -0.1) is 0 Å². The lowest BCUT2D eigenvalue weighted by Gasteiger charge is -2.19. The molecule has 1 heteroatoms. The largest absolute Gasteiger partial charge is 0.299 e. The highest BCUT2D eigenvalue weighted by Gasteiger charge is 2.09. The average Bonchev–Trinajstić information content (AvgIpc) is 2.58. The number of hydrogen-bond acceptors (Lipinski definition) is 1. The molecule has 1 saturated heterocycles. The molecule has 17 heavy (non-hydrogen) atoms. The van der Waals surface area contributed by atoms with Gasteiger partial charge >= 0.3 is 0 Å². The number of nitrogens with zero attached hydrogens (tertiary/aromatic N) is 1. The number of benzene rings is 1. The van der Waals surface area contributed by atoms with Crippen LogP contribution in [0.3, 0.4) is 0 Å². The van der Waals surface area contributed by atoms with Crippen molar-refractivity contribution in [1.82, 2.24) is 4.90 Å². The summed E-state index contributed by atoms with van der Waals surface area (Å²) in [7, 11) is 0. The Bertz CT molecular complexity index is 356. The average molecular weight is 229 g/mol. The Kier molecular flexibility index (Phi) is 4.38. The lowest BCUT2D eigenvalue weighted by atomic mass is 10.1. The van der Waals surface area contributed by atoms with Gasteiger partial charge in [-0.05, 0) is 44.0 Å². The monoisotopic (exact) mass is 229 g/mol. The van der Waals surface area contributed by atoms with Gasteiger partial charge < -0.3 is 0 Å². The predicted molar refractivity (Wildman–Crippen MR) is 74.9 cm³/mol. The zero-order valence-electron chi connectivity index (χ0n) is 10.9. The van der Waals surface area contributed by atoms with Crippen molar-refractivity contribution < 1.29 is 0 Å². The van der Waals surface area contributed by atoms with E-state index < -0.39 is 0 Å². The minimum absolute atomic E-state index is 1.11. The van der Waals surface area contributed by atoms with Crippen molar-refractivity contribution in [3.63, 3.8) is 0 Å². The minimum atomic E-state index is 1.11. The molecule has 1 fully saturated rings. The summed E-state index contributed by atoms with van der Waals surface area (Å²) in [6, 6.07) is 8.87. The van der Waals surface area contributed by atoms with Crippen LogP contribution in [-0.4, -0.2) is 18.0 Å². The summed E-state index contributed by atoms with van der Waals surface area (Å²) >= 11 is 0. The van der Waals surface area contributed by atoms with E-state index in [-0.39, 0.29) is 0 Å². The fraction of sp³-hybridized carbons (Fsp3) is 0.500. The summed E-state index contributed by atoms with van der Waals surface area (Å²) in [6.45, 7) is 9.67. The van der Waals surface area contributed by atoms with Crippen LogP contribution in [0.5, 0.6) is 0 Å². The summed E-state index contributed by atoms with van der Waals surface area (Å²) in [5, 5.41) is 0. The molecule has 0 spiro atoms. The van der Waals surface area contributed by atoms with Gasteiger partial charge in [0, 0.05) is 6.54 Å². The molecule has 1 aromatic rings. The van der Waals surface area contributed by atoms with Crippen LogP contribution in [0, 0.1) is 0 Å². The highest BCUT2D eigenvalue weighted by molar-refractivity contribution is 5.61. The Labute approximate surface area is 105 Å². The highest BCUT2D eigenvalue weighted by atomic mass is 15.1. The molecule has 1 nitrogen and oxygen atoms in total. The standard InChI is InChI=1S/C16H23N/c1-14(2)16-9-7-15(8-10-16)13-17-11-5-3-4-6-12-17/h7-10H,1,3-6,11-13H2,2H3. The van der Waals surface area contributed by atoms with E-state index >= 15 is 0 Å². The lowest BCUT2D eigenvalue weighted by Crippen LogP contribution is -2.23. The summed E-state index contributed by atoms with van der Waals surface area (Å²) in [5.41, 5.74) is 3.83. The Morgan fingerprint density at radius 3 is 2.18 bits per heavy atom. The van der Waals surface area contributed by atoms with E-state index in [9.17, 15) is 0 Å². The number of hydrogen-bond donors (Lipinski definition) is 0. The molecule has 1 aliphatic rings. The summed E-state index contributed by atoms with van der Waals surface area (Å²) in [5.74, 6) is 0. The Balaban J connectivity index is 1.95. The first-order chi connectivity index (χ1) is 8.25. The molecule has 0 amide bonds. The van der Waals surface area contributed by atoms with E-state index in [0.29, 0.717) is 0 Å². The van der Waals surface area contributed by atoms with Crippen molar-refractivity contribution >= 4 is 5.57 Å². The third-order valence-corrected chi connectivity index (χ3v) is 3.55. The van der Waals surface area contributed by atoms with Crippen LogP contribution < -0.4 is 0 Å². The molecule has 1 aliphatic heterocycles. The topological polar surface area (TPSA) is 3.24 Å². The van der Waals surface area contributed by atoms with Crippen LogP contribution in [-0.2, 0) is 6.54 Å². The molecule has 0 aliphatic carbocycles. The second-order valence-electron chi connectivity index (χ2n) is 5.17.